The Morgan fingerprint density at radius 1 is 0.800 bits per heavy atom. The number of nitrogens with one attached hydrogen (secondary N) is 1. The summed E-state index contributed by atoms with van der Waals surface area (Å²) in [7, 11) is 0. The van der Waals surface area contributed by atoms with Gasteiger partial charge in [-0.15, -0.1) is 0 Å². The molecule has 0 radical (unpaired) electrons. The van der Waals surface area contributed by atoms with Crippen LogP contribution in [-0.4, -0.2) is 11.0 Å². The molecular formula is C17H13NO2. The van der Waals surface area contributed by atoms with E-state index in [1.165, 1.54) is 0 Å². The van der Waals surface area contributed by atoms with Gasteiger partial charge in [0.15, 0.2) is 0 Å². The quantitative estimate of drug-likeness (QED) is 0.691. The third kappa shape index (κ3) is 2.21. The van der Waals surface area contributed by atoms with Crippen LogP contribution in [0, 0.1) is 0 Å². The van der Waals surface area contributed by atoms with Crippen LogP contribution in [0.4, 0.5) is 5.69 Å². The average Bonchev–Trinajstić information content (AvgIpc) is 2.51. The van der Waals surface area contributed by atoms with Gasteiger partial charge in [0, 0.05) is 22.0 Å². The van der Waals surface area contributed by atoms with E-state index in [4.69, 9.17) is 0 Å². The molecule has 0 atom stereocenters. The van der Waals surface area contributed by atoms with Crippen LogP contribution < -0.4 is 5.32 Å². The Balaban J connectivity index is 2.00. The molecule has 0 aliphatic rings. The molecule has 1 amide bonds. The number of benzene rings is 3. The van der Waals surface area contributed by atoms with E-state index in [1.807, 2.05) is 42.5 Å². The fraction of sp³-hybridized carbons (Fsp3) is 0. The topological polar surface area (TPSA) is 49.3 Å². The minimum absolute atomic E-state index is 0.165. The highest BCUT2D eigenvalue weighted by Gasteiger charge is 2.09. The van der Waals surface area contributed by atoms with Crippen molar-refractivity contribution in [1.82, 2.24) is 0 Å². The molecule has 0 fully saturated rings. The molecule has 3 rings (SSSR count). The van der Waals surface area contributed by atoms with Gasteiger partial charge in [0.2, 0.25) is 0 Å². The number of carbonyl (C=O) groups is 1. The molecule has 0 bridgehead atoms. The molecule has 2 N–H and O–H groups in total. The summed E-state index contributed by atoms with van der Waals surface area (Å²) in [4.78, 5) is 12.2. The number of hydrogen-bond donors (Lipinski definition) is 2. The maximum atomic E-state index is 12.2. The molecule has 20 heavy (non-hydrogen) atoms. The molecule has 0 unspecified atom stereocenters. The average molecular weight is 263 g/mol. The lowest BCUT2D eigenvalue weighted by Gasteiger charge is -2.10. The summed E-state index contributed by atoms with van der Waals surface area (Å²) in [6, 6.07) is 19.8. The standard InChI is InChI=1S/C17H13NO2/c19-16-11-10-15(13-8-4-5-9-14(13)16)18-17(20)12-6-2-1-3-7-12/h1-11,19H,(H,18,20). The van der Waals surface area contributed by atoms with Gasteiger partial charge >= 0.3 is 0 Å². The zero-order valence-corrected chi connectivity index (χ0v) is 10.7. The summed E-state index contributed by atoms with van der Waals surface area (Å²) < 4.78 is 0. The van der Waals surface area contributed by atoms with Gasteiger partial charge in [-0.2, -0.15) is 0 Å². The minimum atomic E-state index is -0.165. The number of fused-ring (bicyclic) bond motifs is 1. The predicted octanol–water partition coefficient (Wildman–Crippen LogP) is 3.80. The summed E-state index contributed by atoms with van der Waals surface area (Å²) in [5, 5.41) is 14.2. The lowest BCUT2D eigenvalue weighted by Crippen LogP contribution is -2.11. The van der Waals surface area contributed by atoms with Crippen molar-refractivity contribution in [2.75, 3.05) is 5.32 Å². The number of anilines is 1. The van der Waals surface area contributed by atoms with Gasteiger partial charge in [0.1, 0.15) is 5.75 Å². The highest BCUT2D eigenvalue weighted by Crippen LogP contribution is 2.30. The SMILES string of the molecule is O=C(Nc1ccc(O)c2ccccc12)c1ccccc1. The molecule has 3 heteroatoms. The van der Waals surface area contributed by atoms with Crippen LogP contribution in [0.1, 0.15) is 10.4 Å². The van der Waals surface area contributed by atoms with Crippen LogP contribution in [0.3, 0.4) is 0 Å². The smallest absolute Gasteiger partial charge is 0.255 e. The number of phenols is 1. The first-order valence-electron chi connectivity index (χ1n) is 6.33. The lowest BCUT2D eigenvalue weighted by molar-refractivity contribution is 0.102. The monoisotopic (exact) mass is 263 g/mol. The van der Waals surface area contributed by atoms with Crippen LogP contribution >= 0.6 is 0 Å². The molecule has 0 saturated heterocycles. The third-order valence-electron chi connectivity index (χ3n) is 3.19. The van der Waals surface area contributed by atoms with E-state index < -0.39 is 0 Å². The van der Waals surface area contributed by atoms with Crippen molar-refractivity contribution in [3.05, 3.63) is 72.3 Å². The fourth-order valence-corrected chi connectivity index (χ4v) is 2.18. The molecular weight excluding hydrogens is 250 g/mol. The summed E-state index contributed by atoms with van der Waals surface area (Å²) in [5.41, 5.74) is 1.29. The fourth-order valence-electron chi connectivity index (χ4n) is 2.18. The lowest BCUT2D eigenvalue weighted by atomic mass is 10.1. The summed E-state index contributed by atoms with van der Waals surface area (Å²) in [5.74, 6) is 0.0414. The molecule has 0 aromatic heterocycles. The van der Waals surface area contributed by atoms with Crippen LogP contribution in [0.15, 0.2) is 66.7 Å². The minimum Gasteiger partial charge on any atom is -0.507 e. The second-order valence-corrected chi connectivity index (χ2v) is 4.50. The number of hydrogen-bond acceptors (Lipinski definition) is 2. The van der Waals surface area contributed by atoms with Crippen molar-refractivity contribution in [2.45, 2.75) is 0 Å². The maximum Gasteiger partial charge on any atom is 0.255 e. The van der Waals surface area contributed by atoms with E-state index in [1.54, 1.807) is 24.3 Å². The second kappa shape index (κ2) is 5.05. The zero-order valence-electron chi connectivity index (χ0n) is 10.7. The third-order valence-corrected chi connectivity index (χ3v) is 3.19. The first-order valence-corrected chi connectivity index (χ1v) is 6.33. The van der Waals surface area contributed by atoms with Crippen molar-refractivity contribution in [2.24, 2.45) is 0 Å². The van der Waals surface area contributed by atoms with E-state index in [2.05, 4.69) is 5.32 Å². The van der Waals surface area contributed by atoms with E-state index in [0.29, 0.717) is 11.3 Å². The Hall–Kier alpha value is -2.81. The van der Waals surface area contributed by atoms with Gasteiger partial charge in [-0.3, -0.25) is 4.79 Å². The number of aromatic hydroxyl groups is 1. The highest BCUT2D eigenvalue weighted by molar-refractivity contribution is 6.10. The molecule has 0 aliphatic heterocycles. The van der Waals surface area contributed by atoms with Gasteiger partial charge in [0.05, 0.1) is 0 Å². The van der Waals surface area contributed by atoms with Crippen molar-refractivity contribution < 1.29 is 9.90 Å². The Morgan fingerprint density at radius 2 is 1.45 bits per heavy atom. The highest BCUT2D eigenvalue weighted by atomic mass is 16.3. The second-order valence-electron chi connectivity index (χ2n) is 4.50. The zero-order chi connectivity index (χ0) is 13.9. The molecule has 3 aromatic rings. The van der Waals surface area contributed by atoms with Gasteiger partial charge in [-0.05, 0) is 24.3 Å². The Morgan fingerprint density at radius 3 is 2.20 bits per heavy atom. The number of amides is 1. The predicted molar refractivity (Wildman–Crippen MR) is 80.0 cm³/mol. The normalized spacial score (nSPS) is 10.4. The summed E-state index contributed by atoms with van der Waals surface area (Å²) in [6.07, 6.45) is 0. The number of phenolic OH excluding ortho intramolecular Hbond substituents is 1. The van der Waals surface area contributed by atoms with E-state index in [0.717, 1.165) is 10.8 Å². The van der Waals surface area contributed by atoms with E-state index >= 15 is 0 Å². The molecule has 0 spiro atoms. The molecule has 3 nitrogen and oxygen atoms in total. The Labute approximate surface area is 116 Å². The van der Waals surface area contributed by atoms with Crippen molar-refractivity contribution in [1.29, 1.82) is 0 Å². The molecule has 0 heterocycles. The van der Waals surface area contributed by atoms with Crippen molar-refractivity contribution in [3.8, 4) is 5.75 Å². The largest absolute Gasteiger partial charge is 0.507 e. The summed E-state index contributed by atoms with van der Waals surface area (Å²) >= 11 is 0. The van der Waals surface area contributed by atoms with Crippen LogP contribution in [0.2, 0.25) is 0 Å². The summed E-state index contributed by atoms with van der Waals surface area (Å²) in [6.45, 7) is 0. The van der Waals surface area contributed by atoms with Gasteiger partial charge in [-0.1, -0.05) is 42.5 Å². The van der Waals surface area contributed by atoms with Crippen molar-refractivity contribution >= 4 is 22.4 Å². The van der Waals surface area contributed by atoms with E-state index in [-0.39, 0.29) is 11.7 Å². The first kappa shape index (κ1) is 12.2. The maximum absolute atomic E-state index is 12.2. The first-order chi connectivity index (χ1) is 9.75. The van der Waals surface area contributed by atoms with Gasteiger partial charge < -0.3 is 10.4 Å². The Kier molecular flexibility index (Phi) is 3.09. The molecule has 0 saturated carbocycles. The van der Waals surface area contributed by atoms with Crippen LogP contribution in [0.5, 0.6) is 5.75 Å². The molecule has 3 aromatic carbocycles. The molecule has 0 aliphatic carbocycles. The Bertz CT molecular complexity index is 766. The van der Waals surface area contributed by atoms with Crippen molar-refractivity contribution in [3.63, 3.8) is 0 Å². The van der Waals surface area contributed by atoms with Crippen LogP contribution in [-0.2, 0) is 0 Å². The van der Waals surface area contributed by atoms with Gasteiger partial charge in [-0.25, -0.2) is 0 Å². The number of carbonyl (C=O) groups excluding carboxylic acids is 1. The number of rotatable bonds is 2. The van der Waals surface area contributed by atoms with E-state index in [9.17, 15) is 9.90 Å². The molecule has 98 valence electrons. The van der Waals surface area contributed by atoms with Crippen LogP contribution in [0.25, 0.3) is 10.8 Å². The van der Waals surface area contributed by atoms with Gasteiger partial charge in [0.25, 0.3) is 5.91 Å².